The van der Waals surface area contributed by atoms with Crippen molar-refractivity contribution in [1.29, 1.82) is 0 Å². The summed E-state index contributed by atoms with van der Waals surface area (Å²) in [6.45, 7) is 2.92. The molecule has 2 heterocycles. The summed E-state index contributed by atoms with van der Waals surface area (Å²) in [5.41, 5.74) is 2.23. The standard InChI is InChI=1S/C20H27N3O/c1-21-12-8-16-10-14-23(15-11-16)20(24)7-6-17-9-13-22-19-5-3-2-4-18(17)19/h2-5,9,13,16,21H,6-8,10-12,14-15H2,1H3. The van der Waals surface area contributed by atoms with Crippen molar-refractivity contribution >= 4 is 16.8 Å². The molecule has 128 valence electrons. The average Bonchev–Trinajstić information content (AvgIpc) is 2.64. The Morgan fingerprint density at radius 1 is 1.25 bits per heavy atom. The first-order valence-corrected chi connectivity index (χ1v) is 9.03. The van der Waals surface area contributed by atoms with E-state index in [1.165, 1.54) is 17.4 Å². The Bertz CT molecular complexity index is 672. The van der Waals surface area contributed by atoms with Crippen LogP contribution in [0, 0.1) is 5.92 Å². The molecule has 0 unspecified atom stereocenters. The smallest absolute Gasteiger partial charge is 0.222 e. The summed E-state index contributed by atoms with van der Waals surface area (Å²) >= 11 is 0. The predicted octanol–water partition coefficient (Wildman–Crippen LogP) is 3.02. The van der Waals surface area contributed by atoms with Crippen LogP contribution in [0.25, 0.3) is 10.9 Å². The Morgan fingerprint density at radius 2 is 2.04 bits per heavy atom. The molecule has 1 aromatic heterocycles. The maximum Gasteiger partial charge on any atom is 0.222 e. The van der Waals surface area contributed by atoms with Gasteiger partial charge >= 0.3 is 0 Å². The molecule has 1 amide bonds. The van der Waals surface area contributed by atoms with Crippen LogP contribution in [0.5, 0.6) is 0 Å². The van der Waals surface area contributed by atoms with Gasteiger partial charge in [-0.05, 0) is 62.9 Å². The molecule has 1 aliphatic rings. The summed E-state index contributed by atoms with van der Waals surface area (Å²) in [5.74, 6) is 1.06. The van der Waals surface area contributed by atoms with E-state index in [2.05, 4.69) is 21.3 Å². The van der Waals surface area contributed by atoms with Crippen molar-refractivity contribution in [2.45, 2.75) is 32.1 Å². The van der Waals surface area contributed by atoms with Gasteiger partial charge in [0.2, 0.25) is 5.91 Å². The molecule has 0 saturated carbocycles. The van der Waals surface area contributed by atoms with Gasteiger partial charge in [-0.1, -0.05) is 18.2 Å². The Kier molecular flexibility index (Phi) is 5.81. The van der Waals surface area contributed by atoms with Gasteiger partial charge in [-0.3, -0.25) is 9.78 Å². The SMILES string of the molecule is CNCCC1CCN(C(=O)CCc2ccnc3ccccc23)CC1. The van der Waals surface area contributed by atoms with Crippen LogP contribution in [0.3, 0.4) is 0 Å². The minimum absolute atomic E-state index is 0.294. The summed E-state index contributed by atoms with van der Waals surface area (Å²) in [4.78, 5) is 19.0. The van der Waals surface area contributed by atoms with Crippen molar-refractivity contribution in [3.8, 4) is 0 Å². The summed E-state index contributed by atoms with van der Waals surface area (Å²) in [7, 11) is 2.00. The molecular weight excluding hydrogens is 298 g/mol. The number of pyridine rings is 1. The first kappa shape index (κ1) is 16.9. The number of fused-ring (bicyclic) bond motifs is 1. The van der Waals surface area contributed by atoms with Crippen molar-refractivity contribution in [1.82, 2.24) is 15.2 Å². The number of rotatable bonds is 6. The lowest BCUT2D eigenvalue weighted by Gasteiger charge is -2.32. The third-order valence-electron chi connectivity index (χ3n) is 5.12. The highest BCUT2D eigenvalue weighted by molar-refractivity contribution is 5.83. The highest BCUT2D eigenvalue weighted by Gasteiger charge is 2.22. The molecule has 4 nitrogen and oxygen atoms in total. The topological polar surface area (TPSA) is 45.2 Å². The van der Waals surface area contributed by atoms with Crippen LogP contribution >= 0.6 is 0 Å². The van der Waals surface area contributed by atoms with Crippen LogP contribution in [-0.4, -0.2) is 42.5 Å². The van der Waals surface area contributed by atoms with Gasteiger partial charge in [0.15, 0.2) is 0 Å². The number of aromatic nitrogens is 1. The quantitative estimate of drug-likeness (QED) is 0.888. The monoisotopic (exact) mass is 325 g/mol. The highest BCUT2D eigenvalue weighted by Crippen LogP contribution is 2.22. The van der Waals surface area contributed by atoms with Crippen LogP contribution < -0.4 is 5.32 Å². The number of benzene rings is 1. The average molecular weight is 325 g/mol. The van der Waals surface area contributed by atoms with Crippen molar-refractivity contribution in [3.63, 3.8) is 0 Å². The molecule has 1 aromatic carbocycles. The lowest BCUT2D eigenvalue weighted by atomic mass is 9.93. The molecule has 3 rings (SSSR count). The number of nitrogens with zero attached hydrogens (tertiary/aromatic N) is 2. The largest absolute Gasteiger partial charge is 0.343 e. The Labute approximate surface area is 144 Å². The number of nitrogens with one attached hydrogen (secondary N) is 1. The molecule has 4 heteroatoms. The lowest BCUT2D eigenvalue weighted by Crippen LogP contribution is -2.39. The van der Waals surface area contributed by atoms with Crippen LogP contribution in [0.1, 0.15) is 31.2 Å². The van der Waals surface area contributed by atoms with E-state index in [1.807, 2.05) is 37.5 Å². The molecule has 1 N–H and O–H groups in total. The Balaban J connectivity index is 1.52. The van der Waals surface area contributed by atoms with E-state index < -0.39 is 0 Å². The van der Waals surface area contributed by atoms with Gasteiger partial charge in [-0.2, -0.15) is 0 Å². The number of amides is 1. The van der Waals surface area contributed by atoms with E-state index in [-0.39, 0.29) is 0 Å². The fourth-order valence-electron chi connectivity index (χ4n) is 3.59. The Hall–Kier alpha value is -1.94. The fourth-order valence-corrected chi connectivity index (χ4v) is 3.59. The second-order valence-electron chi connectivity index (χ2n) is 6.70. The van der Waals surface area contributed by atoms with E-state index in [0.29, 0.717) is 12.3 Å². The van der Waals surface area contributed by atoms with E-state index in [4.69, 9.17) is 0 Å². The lowest BCUT2D eigenvalue weighted by molar-refractivity contribution is -0.132. The zero-order valence-electron chi connectivity index (χ0n) is 14.5. The summed E-state index contributed by atoms with van der Waals surface area (Å²) in [6.07, 6.45) is 6.74. The molecule has 0 bridgehead atoms. The third-order valence-corrected chi connectivity index (χ3v) is 5.12. The van der Waals surface area contributed by atoms with Crippen molar-refractivity contribution in [2.24, 2.45) is 5.92 Å². The van der Waals surface area contributed by atoms with E-state index in [9.17, 15) is 4.79 Å². The number of piperidine rings is 1. The highest BCUT2D eigenvalue weighted by atomic mass is 16.2. The number of para-hydroxylation sites is 1. The van der Waals surface area contributed by atoms with Crippen molar-refractivity contribution < 1.29 is 4.79 Å². The molecule has 1 aliphatic heterocycles. The number of hydrogen-bond acceptors (Lipinski definition) is 3. The second-order valence-corrected chi connectivity index (χ2v) is 6.70. The van der Waals surface area contributed by atoms with Gasteiger partial charge in [-0.15, -0.1) is 0 Å². The number of aryl methyl sites for hydroxylation is 1. The second kappa shape index (κ2) is 8.25. The van der Waals surface area contributed by atoms with Crippen LogP contribution in [0.2, 0.25) is 0 Å². The number of hydrogen-bond donors (Lipinski definition) is 1. The number of likely N-dealkylation sites (tertiary alicyclic amines) is 1. The number of carbonyl (C=O) groups is 1. The van der Waals surface area contributed by atoms with E-state index >= 15 is 0 Å². The Morgan fingerprint density at radius 3 is 2.83 bits per heavy atom. The van der Waals surface area contributed by atoms with Crippen molar-refractivity contribution in [2.75, 3.05) is 26.7 Å². The molecule has 0 aliphatic carbocycles. The molecular formula is C20H27N3O. The van der Waals surface area contributed by atoms with Crippen LogP contribution in [0.15, 0.2) is 36.5 Å². The maximum absolute atomic E-state index is 12.5. The fraction of sp³-hybridized carbons (Fsp3) is 0.500. The molecule has 0 spiro atoms. The van der Waals surface area contributed by atoms with Crippen LogP contribution in [-0.2, 0) is 11.2 Å². The molecule has 0 atom stereocenters. The minimum atomic E-state index is 0.294. The molecule has 1 saturated heterocycles. The molecule has 0 radical (unpaired) electrons. The van der Waals surface area contributed by atoms with Gasteiger partial charge in [0.25, 0.3) is 0 Å². The van der Waals surface area contributed by atoms with E-state index in [1.54, 1.807) is 0 Å². The zero-order chi connectivity index (χ0) is 16.8. The molecule has 1 fully saturated rings. The normalized spacial score (nSPS) is 15.8. The number of carbonyl (C=O) groups excluding carboxylic acids is 1. The van der Waals surface area contributed by atoms with Gasteiger partial charge in [0.1, 0.15) is 0 Å². The molecule has 2 aromatic rings. The zero-order valence-corrected chi connectivity index (χ0v) is 14.5. The van der Waals surface area contributed by atoms with E-state index in [0.717, 1.165) is 50.3 Å². The van der Waals surface area contributed by atoms with Gasteiger partial charge in [0.05, 0.1) is 5.52 Å². The van der Waals surface area contributed by atoms with Gasteiger partial charge < -0.3 is 10.2 Å². The third kappa shape index (κ3) is 4.12. The first-order valence-electron chi connectivity index (χ1n) is 9.03. The summed E-state index contributed by atoms with van der Waals surface area (Å²) in [5, 5.41) is 4.38. The first-order chi connectivity index (χ1) is 11.8. The minimum Gasteiger partial charge on any atom is -0.343 e. The predicted molar refractivity (Wildman–Crippen MR) is 97.9 cm³/mol. The van der Waals surface area contributed by atoms with Crippen molar-refractivity contribution in [3.05, 3.63) is 42.1 Å². The molecule has 24 heavy (non-hydrogen) atoms. The summed E-state index contributed by atoms with van der Waals surface area (Å²) in [6, 6.07) is 10.2. The van der Waals surface area contributed by atoms with Gasteiger partial charge in [-0.25, -0.2) is 0 Å². The maximum atomic E-state index is 12.5. The summed E-state index contributed by atoms with van der Waals surface area (Å²) < 4.78 is 0. The van der Waals surface area contributed by atoms with Crippen LogP contribution in [0.4, 0.5) is 0 Å². The van der Waals surface area contributed by atoms with Gasteiger partial charge in [0, 0.05) is 31.1 Å².